The number of oxime groups is 1. The molecule has 0 fully saturated rings. The van der Waals surface area contributed by atoms with Gasteiger partial charge in [0.25, 0.3) is 11.8 Å². The number of nitrogens with one attached hydrogen (secondary N) is 2. The molecule has 192 valence electrons. The van der Waals surface area contributed by atoms with Crippen molar-refractivity contribution in [1.82, 2.24) is 10.6 Å². The second kappa shape index (κ2) is 11.8. The molecule has 0 radical (unpaired) electrons. The standard InChI is InChI=1S/C24H27BClF2N3O5/c1-14(2)8-21(25(34)35)30-23(33)24(11-15-6-4-3-5-7-15)12-16(31-36-24)13-29-22(32)17-9-19(27)20(28)10-18(17)26/h3-7,9-10,14,21,34-35H,8,11-13H2,1-2H3,(H,29,32)(H,30,33). The fourth-order valence-electron chi connectivity index (χ4n) is 3.90. The highest BCUT2D eigenvalue weighted by Gasteiger charge is 2.48. The van der Waals surface area contributed by atoms with E-state index in [-0.39, 0.29) is 35.9 Å². The molecule has 1 aliphatic rings. The van der Waals surface area contributed by atoms with Crippen molar-refractivity contribution in [1.29, 1.82) is 0 Å². The average Bonchev–Trinajstić information content (AvgIpc) is 3.23. The molecule has 2 atom stereocenters. The summed E-state index contributed by atoms with van der Waals surface area (Å²) in [4.78, 5) is 31.5. The molecular formula is C24H27BClF2N3O5. The molecule has 1 aliphatic heterocycles. The molecule has 0 aliphatic carbocycles. The first-order valence-corrected chi connectivity index (χ1v) is 11.8. The summed E-state index contributed by atoms with van der Waals surface area (Å²) in [5.41, 5.74) is -0.646. The van der Waals surface area contributed by atoms with E-state index in [4.69, 9.17) is 16.4 Å². The van der Waals surface area contributed by atoms with Gasteiger partial charge >= 0.3 is 7.12 Å². The molecule has 0 spiro atoms. The molecule has 1 heterocycles. The molecule has 0 bridgehead atoms. The predicted octanol–water partition coefficient (Wildman–Crippen LogP) is 2.65. The maximum Gasteiger partial charge on any atom is 0.475 e. The quantitative estimate of drug-likeness (QED) is 0.283. The van der Waals surface area contributed by atoms with Crippen LogP contribution in [0.1, 0.15) is 42.6 Å². The van der Waals surface area contributed by atoms with E-state index in [0.717, 1.165) is 5.56 Å². The van der Waals surface area contributed by atoms with E-state index in [1.54, 1.807) is 0 Å². The van der Waals surface area contributed by atoms with Crippen molar-refractivity contribution in [3.63, 3.8) is 0 Å². The Bertz CT molecular complexity index is 1140. The van der Waals surface area contributed by atoms with Gasteiger partial charge in [-0.25, -0.2) is 8.78 Å². The van der Waals surface area contributed by atoms with Crippen molar-refractivity contribution in [3.8, 4) is 0 Å². The van der Waals surface area contributed by atoms with Gasteiger partial charge in [-0.3, -0.25) is 9.59 Å². The van der Waals surface area contributed by atoms with Gasteiger partial charge in [-0.05, 0) is 30.0 Å². The summed E-state index contributed by atoms with van der Waals surface area (Å²) >= 11 is 5.86. The second-order valence-corrected chi connectivity index (χ2v) is 9.54. The van der Waals surface area contributed by atoms with Crippen LogP contribution in [0, 0.1) is 17.6 Å². The van der Waals surface area contributed by atoms with Crippen molar-refractivity contribution in [2.24, 2.45) is 11.1 Å². The molecule has 4 N–H and O–H groups in total. The van der Waals surface area contributed by atoms with Crippen LogP contribution in [0.5, 0.6) is 0 Å². The van der Waals surface area contributed by atoms with Crippen LogP contribution in [0.25, 0.3) is 0 Å². The van der Waals surface area contributed by atoms with Crippen LogP contribution in [-0.2, 0) is 16.1 Å². The highest BCUT2D eigenvalue weighted by Crippen LogP contribution is 2.29. The molecule has 0 aromatic heterocycles. The molecule has 8 nitrogen and oxygen atoms in total. The Morgan fingerprint density at radius 2 is 1.86 bits per heavy atom. The molecule has 3 rings (SSSR count). The van der Waals surface area contributed by atoms with Gasteiger partial charge in [0.1, 0.15) is 0 Å². The SMILES string of the molecule is CC(C)CC(NC(=O)C1(Cc2ccccc2)CC(CNC(=O)c2cc(F)c(F)cc2Cl)=NO1)B(O)O. The van der Waals surface area contributed by atoms with Crippen molar-refractivity contribution in [2.75, 3.05) is 6.54 Å². The zero-order valence-electron chi connectivity index (χ0n) is 19.8. The van der Waals surface area contributed by atoms with Crippen LogP contribution >= 0.6 is 11.6 Å². The Kier molecular flexibility index (Phi) is 9.05. The molecule has 2 unspecified atom stereocenters. The Morgan fingerprint density at radius 1 is 1.19 bits per heavy atom. The molecule has 2 aromatic carbocycles. The lowest BCUT2D eigenvalue weighted by atomic mass is 9.74. The lowest BCUT2D eigenvalue weighted by Crippen LogP contribution is -2.56. The molecule has 0 saturated heterocycles. The van der Waals surface area contributed by atoms with Crippen LogP contribution in [0.2, 0.25) is 5.02 Å². The average molecular weight is 522 g/mol. The highest BCUT2D eigenvalue weighted by molar-refractivity contribution is 6.43. The van der Waals surface area contributed by atoms with Crippen molar-refractivity contribution >= 4 is 36.2 Å². The van der Waals surface area contributed by atoms with Gasteiger partial charge in [-0.15, -0.1) is 0 Å². The Hall–Kier alpha value is -3.02. The van der Waals surface area contributed by atoms with Crippen LogP contribution in [0.4, 0.5) is 8.78 Å². The van der Waals surface area contributed by atoms with Crippen molar-refractivity contribution in [2.45, 2.75) is 44.7 Å². The van der Waals surface area contributed by atoms with Gasteiger partial charge < -0.3 is 25.5 Å². The van der Waals surface area contributed by atoms with E-state index < -0.39 is 42.1 Å². The Balaban J connectivity index is 1.74. The van der Waals surface area contributed by atoms with Crippen LogP contribution < -0.4 is 10.6 Å². The number of carbonyl (C=O) groups is 2. The summed E-state index contributed by atoms with van der Waals surface area (Å²) in [5, 5.41) is 28.4. The number of nitrogens with zero attached hydrogens (tertiary/aromatic N) is 1. The van der Waals surface area contributed by atoms with Gasteiger partial charge in [0.05, 0.1) is 28.8 Å². The summed E-state index contributed by atoms with van der Waals surface area (Å²) in [7, 11) is -1.77. The van der Waals surface area contributed by atoms with E-state index in [2.05, 4.69) is 15.8 Å². The third-order valence-electron chi connectivity index (χ3n) is 5.69. The fourth-order valence-corrected chi connectivity index (χ4v) is 4.14. The first-order valence-electron chi connectivity index (χ1n) is 11.4. The van der Waals surface area contributed by atoms with E-state index in [9.17, 15) is 28.4 Å². The summed E-state index contributed by atoms with van der Waals surface area (Å²) in [6, 6.07) is 10.5. The van der Waals surface area contributed by atoms with E-state index >= 15 is 0 Å². The zero-order valence-corrected chi connectivity index (χ0v) is 20.6. The number of amides is 2. The fraction of sp³-hybridized carbons (Fsp3) is 0.375. The second-order valence-electron chi connectivity index (χ2n) is 9.13. The first-order chi connectivity index (χ1) is 17.0. The summed E-state index contributed by atoms with van der Waals surface area (Å²) < 4.78 is 26.9. The number of carbonyl (C=O) groups excluding carboxylic acids is 2. The zero-order chi connectivity index (χ0) is 26.5. The monoisotopic (exact) mass is 521 g/mol. The topological polar surface area (TPSA) is 120 Å². The van der Waals surface area contributed by atoms with E-state index in [1.807, 2.05) is 44.2 Å². The Morgan fingerprint density at radius 3 is 2.50 bits per heavy atom. The summed E-state index contributed by atoms with van der Waals surface area (Å²) in [6.07, 6.45) is 0.449. The third kappa shape index (κ3) is 6.80. The number of benzene rings is 2. The minimum Gasteiger partial charge on any atom is -0.426 e. The maximum atomic E-state index is 13.6. The molecule has 2 amide bonds. The molecule has 2 aromatic rings. The maximum absolute atomic E-state index is 13.6. The Labute approximate surface area is 212 Å². The lowest BCUT2D eigenvalue weighted by molar-refractivity contribution is -0.144. The summed E-state index contributed by atoms with van der Waals surface area (Å²) in [5.74, 6) is -4.58. The largest absolute Gasteiger partial charge is 0.475 e. The highest BCUT2D eigenvalue weighted by atomic mass is 35.5. The first kappa shape index (κ1) is 27.6. The third-order valence-corrected chi connectivity index (χ3v) is 6.01. The van der Waals surface area contributed by atoms with E-state index in [0.29, 0.717) is 24.3 Å². The smallest absolute Gasteiger partial charge is 0.426 e. The molecule has 36 heavy (non-hydrogen) atoms. The number of halogens is 3. The van der Waals surface area contributed by atoms with Crippen LogP contribution in [0.15, 0.2) is 47.6 Å². The minimum atomic E-state index is -1.77. The number of rotatable bonds is 10. The van der Waals surface area contributed by atoms with Gasteiger partial charge in [0, 0.05) is 12.8 Å². The van der Waals surface area contributed by atoms with Gasteiger partial charge in [-0.1, -0.05) is 60.9 Å². The number of hydrogen-bond acceptors (Lipinski definition) is 6. The number of hydrogen-bond donors (Lipinski definition) is 4. The predicted molar refractivity (Wildman–Crippen MR) is 131 cm³/mol. The van der Waals surface area contributed by atoms with Gasteiger partial charge in [-0.2, -0.15) is 0 Å². The van der Waals surface area contributed by atoms with Crippen LogP contribution in [-0.4, -0.2) is 52.8 Å². The van der Waals surface area contributed by atoms with Gasteiger partial charge in [0.2, 0.25) is 5.60 Å². The minimum absolute atomic E-state index is 0.00452. The molecule has 0 saturated carbocycles. The molecule has 12 heteroatoms. The van der Waals surface area contributed by atoms with Crippen LogP contribution in [0.3, 0.4) is 0 Å². The van der Waals surface area contributed by atoms with Crippen molar-refractivity contribution in [3.05, 3.63) is 70.2 Å². The summed E-state index contributed by atoms with van der Waals surface area (Å²) in [6.45, 7) is 3.63. The van der Waals surface area contributed by atoms with Gasteiger partial charge in [0.15, 0.2) is 11.6 Å². The molecular weight excluding hydrogens is 495 g/mol. The normalized spacial score (nSPS) is 17.8. The lowest BCUT2D eigenvalue weighted by Gasteiger charge is -2.29. The van der Waals surface area contributed by atoms with Crippen molar-refractivity contribution < 1.29 is 33.3 Å². The van der Waals surface area contributed by atoms with E-state index in [1.165, 1.54) is 0 Å².